The van der Waals surface area contributed by atoms with Crippen LogP contribution in [0.15, 0.2) is 48.5 Å². The Morgan fingerprint density at radius 2 is 1.88 bits per heavy atom. The van der Waals surface area contributed by atoms with Crippen molar-refractivity contribution in [3.8, 4) is 16.9 Å². The molecular weight excluding hydrogens is 203 g/mol. The van der Waals surface area contributed by atoms with Crippen molar-refractivity contribution in [3.63, 3.8) is 0 Å². The number of ether oxygens (including phenoxy) is 1. The van der Waals surface area contributed by atoms with Gasteiger partial charge in [-0.3, -0.25) is 0 Å². The lowest BCUT2D eigenvalue weighted by Gasteiger charge is -2.09. The van der Waals surface area contributed by atoms with Gasteiger partial charge in [0.15, 0.2) is 0 Å². The van der Waals surface area contributed by atoms with Crippen molar-refractivity contribution < 1.29 is 9.13 Å². The van der Waals surface area contributed by atoms with Crippen molar-refractivity contribution in [2.75, 3.05) is 6.61 Å². The fourth-order valence-electron chi connectivity index (χ4n) is 1.64. The molecule has 0 spiro atoms. The van der Waals surface area contributed by atoms with Crippen LogP contribution in [0.2, 0.25) is 0 Å². The molecule has 2 rings (SSSR count). The third-order valence-corrected chi connectivity index (χ3v) is 2.32. The zero-order valence-electron chi connectivity index (χ0n) is 9.11. The van der Waals surface area contributed by atoms with Gasteiger partial charge in [0, 0.05) is 5.56 Å². The van der Waals surface area contributed by atoms with Gasteiger partial charge in [0.05, 0.1) is 6.61 Å². The Morgan fingerprint density at radius 3 is 2.62 bits per heavy atom. The lowest BCUT2D eigenvalue weighted by Crippen LogP contribution is -1.93. The van der Waals surface area contributed by atoms with Crippen LogP contribution in [-0.4, -0.2) is 6.61 Å². The van der Waals surface area contributed by atoms with E-state index < -0.39 is 0 Å². The third-order valence-electron chi connectivity index (χ3n) is 2.32. The molecule has 0 bridgehead atoms. The maximum atomic E-state index is 13.1. The molecule has 0 amide bonds. The maximum absolute atomic E-state index is 13.1. The Balaban J connectivity index is 2.46. The van der Waals surface area contributed by atoms with Crippen molar-refractivity contribution in [2.45, 2.75) is 6.92 Å². The largest absolute Gasteiger partial charge is 0.493 e. The summed E-state index contributed by atoms with van der Waals surface area (Å²) in [7, 11) is 0. The molecule has 0 atom stereocenters. The van der Waals surface area contributed by atoms with Crippen LogP contribution in [0.4, 0.5) is 4.39 Å². The molecule has 0 unspecified atom stereocenters. The van der Waals surface area contributed by atoms with Gasteiger partial charge in [-0.2, -0.15) is 0 Å². The first-order valence-corrected chi connectivity index (χ1v) is 5.29. The summed E-state index contributed by atoms with van der Waals surface area (Å²) >= 11 is 0. The van der Waals surface area contributed by atoms with E-state index in [9.17, 15) is 4.39 Å². The van der Waals surface area contributed by atoms with E-state index in [1.54, 1.807) is 6.07 Å². The molecule has 0 aromatic heterocycles. The van der Waals surface area contributed by atoms with Crippen LogP contribution in [0.3, 0.4) is 0 Å². The van der Waals surface area contributed by atoms with Crippen molar-refractivity contribution in [1.82, 2.24) is 0 Å². The lowest BCUT2D eigenvalue weighted by molar-refractivity contribution is 0.341. The number of hydrogen-bond acceptors (Lipinski definition) is 1. The number of hydrogen-bond donors (Lipinski definition) is 0. The molecule has 0 radical (unpaired) electrons. The van der Waals surface area contributed by atoms with E-state index in [1.807, 2.05) is 37.3 Å². The van der Waals surface area contributed by atoms with Crippen LogP contribution in [0.5, 0.6) is 5.75 Å². The van der Waals surface area contributed by atoms with Crippen molar-refractivity contribution >= 4 is 0 Å². The maximum Gasteiger partial charge on any atom is 0.127 e. The third kappa shape index (κ3) is 2.22. The second kappa shape index (κ2) is 4.79. The minimum atomic E-state index is -0.233. The lowest BCUT2D eigenvalue weighted by atomic mass is 10.0. The Bertz CT molecular complexity index is 480. The quantitative estimate of drug-likeness (QED) is 0.756. The first kappa shape index (κ1) is 10.7. The number of para-hydroxylation sites is 1. The standard InChI is InChI=1S/C14H13FO/c1-2-16-14-9-4-3-8-13(14)11-6-5-7-12(15)10-11/h3-10H,2H2,1H3. The molecule has 0 heterocycles. The molecule has 0 N–H and O–H groups in total. The number of halogens is 1. The van der Waals surface area contributed by atoms with Gasteiger partial charge in [-0.15, -0.1) is 0 Å². The SMILES string of the molecule is CCOc1ccccc1-c1cccc(F)c1. The van der Waals surface area contributed by atoms with Crippen LogP contribution in [0.1, 0.15) is 6.92 Å². The molecule has 82 valence electrons. The fourth-order valence-corrected chi connectivity index (χ4v) is 1.64. The first-order chi connectivity index (χ1) is 7.81. The van der Waals surface area contributed by atoms with Crippen molar-refractivity contribution in [3.05, 3.63) is 54.3 Å². The summed E-state index contributed by atoms with van der Waals surface area (Å²) in [6, 6.07) is 14.2. The highest BCUT2D eigenvalue weighted by Crippen LogP contribution is 2.29. The highest BCUT2D eigenvalue weighted by molar-refractivity contribution is 5.70. The van der Waals surface area contributed by atoms with E-state index >= 15 is 0 Å². The smallest absolute Gasteiger partial charge is 0.127 e. The molecule has 0 aliphatic rings. The summed E-state index contributed by atoms with van der Waals surface area (Å²) in [4.78, 5) is 0. The molecule has 0 saturated carbocycles. The summed E-state index contributed by atoms with van der Waals surface area (Å²) in [5, 5.41) is 0. The highest BCUT2D eigenvalue weighted by Gasteiger charge is 2.05. The van der Waals surface area contributed by atoms with Gasteiger partial charge < -0.3 is 4.74 Å². The minimum absolute atomic E-state index is 0.233. The molecule has 2 aromatic rings. The summed E-state index contributed by atoms with van der Waals surface area (Å²) in [5.41, 5.74) is 1.76. The Kier molecular flexibility index (Phi) is 3.20. The van der Waals surface area contributed by atoms with Gasteiger partial charge in [0.2, 0.25) is 0 Å². The van der Waals surface area contributed by atoms with Gasteiger partial charge in [0.1, 0.15) is 11.6 Å². The molecule has 0 aliphatic heterocycles. The van der Waals surface area contributed by atoms with Gasteiger partial charge in [-0.25, -0.2) is 4.39 Å². The Morgan fingerprint density at radius 1 is 1.06 bits per heavy atom. The Hall–Kier alpha value is -1.83. The molecule has 0 saturated heterocycles. The first-order valence-electron chi connectivity index (χ1n) is 5.29. The summed E-state index contributed by atoms with van der Waals surface area (Å²) < 4.78 is 18.6. The minimum Gasteiger partial charge on any atom is -0.493 e. The molecule has 0 aliphatic carbocycles. The molecule has 16 heavy (non-hydrogen) atoms. The van der Waals surface area contributed by atoms with E-state index in [0.29, 0.717) is 6.61 Å². The van der Waals surface area contributed by atoms with Gasteiger partial charge in [0.25, 0.3) is 0 Å². The molecule has 2 aromatic carbocycles. The molecule has 2 heteroatoms. The number of benzene rings is 2. The van der Waals surface area contributed by atoms with Gasteiger partial charge in [-0.05, 0) is 30.7 Å². The van der Waals surface area contributed by atoms with Crippen molar-refractivity contribution in [1.29, 1.82) is 0 Å². The predicted molar refractivity (Wildman–Crippen MR) is 63.0 cm³/mol. The van der Waals surface area contributed by atoms with Crippen LogP contribution >= 0.6 is 0 Å². The van der Waals surface area contributed by atoms with Crippen molar-refractivity contribution in [2.24, 2.45) is 0 Å². The topological polar surface area (TPSA) is 9.23 Å². The van der Waals surface area contributed by atoms with E-state index in [0.717, 1.165) is 16.9 Å². The molecule has 1 nitrogen and oxygen atoms in total. The summed E-state index contributed by atoms with van der Waals surface area (Å²) in [5.74, 6) is 0.555. The monoisotopic (exact) mass is 216 g/mol. The number of rotatable bonds is 3. The second-order valence-corrected chi connectivity index (χ2v) is 3.44. The average Bonchev–Trinajstić information content (AvgIpc) is 2.30. The van der Waals surface area contributed by atoms with Crippen LogP contribution in [0.25, 0.3) is 11.1 Å². The molecular formula is C14H13FO. The van der Waals surface area contributed by atoms with Crippen LogP contribution in [-0.2, 0) is 0 Å². The zero-order chi connectivity index (χ0) is 11.4. The fraction of sp³-hybridized carbons (Fsp3) is 0.143. The zero-order valence-corrected chi connectivity index (χ0v) is 9.11. The van der Waals surface area contributed by atoms with E-state index in [1.165, 1.54) is 12.1 Å². The van der Waals surface area contributed by atoms with Crippen LogP contribution < -0.4 is 4.74 Å². The van der Waals surface area contributed by atoms with Gasteiger partial charge in [-0.1, -0.05) is 30.3 Å². The van der Waals surface area contributed by atoms with Crippen LogP contribution in [0, 0.1) is 5.82 Å². The van der Waals surface area contributed by atoms with E-state index in [2.05, 4.69) is 0 Å². The summed E-state index contributed by atoms with van der Waals surface area (Å²) in [6.45, 7) is 2.54. The van der Waals surface area contributed by atoms with E-state index in [4.69, 9.17) is 4.74 Å². The summed E-state index contributed by atoms with van der Waals surface area (Å²) in [6.07, 6.45) is 0. The Labute approximate surface area is 94.5 Å². The van der Waals surface area contributed by atoms with Gasteiger partial charge >= 0.3 is 0 Å². The van der Waals surface area contributed by atoms with E-state index in [-0.39, 0.29) is 5.82 Å². The normalized spacial score (nSPS) is 10.1. The predicted octanol–water partition coefficient (Wildman–Crippen LogP) is 3.89. The highest BCUT2D eigenvalue weighted by atomic mass is 19.1. The average molecular weight is 216 g/mol. The second-order valence-electron chi connectivity index (χ2n) is 3.44. The molecule has 0 fully saturated rings.